The first-order valence-corrected chi connectivity index (χ1v) is 14.8. The maximum atomic E-state index is 12.9. The van der Waals surface area contributed by atoms with Gasteiger partial charge in [0.2, 0.25) is 5.91 Å². The number of hydrogen-bond donors (Lipinski definition) is 1. The van der Waals surface area contributed by atoms with E-state index in [0.717, 1.165) is 33.0 Å². The van der Waals surface area contributed by atoms with Crippen LogP contribution in [0.2, 0.25) is 0 Å². The second-order valence-electron chi connectivity index (χ2n) is 8.70. The summed E-state index contributed by atoms with van der Waals surface area (Å²) in [5.41, 5.74) is 5.72. The third kappa shape index (κ3) is 5.77. The van der Waals surface area contributed by atoms with Crippen molar-refractivity contribution in [3.63, 3.8) is 0 Å². The second kappa shape index (κ2) is 12.1. The number of thiophene rings is 2. The van der Waals surface area contributed by atoms with Gasteiger partial charge >= 0.3 is 5.97 Å². The zero-order valence-corrected chi connectivity index (χ0v) is 24.5. The number of anilines is 1. The molecule has 4 aromatic rings. The van der Waals surface area contributed by atoms with Crippen LogP contribution in [0.3, 0.4) is 0 Å². The normalized spacial score (nSPS) is 11.0. The molecule has 1 N–H and O–H groups in total. The van der Waals surface area contributed by atoms with E-state index in [4.69, 9.17) is 4.74 Å². The number of benzene rings is 1. The van der Waals surface area contributed by atoms with Crippen LogP contribution in [0.1, 0.15) is 38.2 Å². The number of ether oxygens (including phenoxy) is 1. The lowest BCUT2D eigenvalue weighted by Crippen LogP contribution is -2.17. The molecule has 3 heterocycles. The smallest absolute Gasteiger partial charge is 0.341 e. The molecule has 38 heavy (non-hydrogen) atoms. The van der Waals surface area contributed by atoms with Crippen molar-refractivity contribution in [1.29, 1.82) is 0 Å². The molecule has 0 atom stereocenters. The van der Waals surface area contributed by atoms with Crippen molar-refractivity contribution >= 4 is 51.3 Å². The SMILES string of the molecule is C=CCn1c(SCC(=O)Nc2sc(C)c(C)c2C(=O)OCC)nnc1-c1csc(C)c1-c1ccc(C)cc1. The van der Waals surface area contributed by atoms with Gasteiger partial charge in [0.25, 0.3) is 0 Å². The molecule has 1 amide bonds. The van der Waals surface area contributed by atoms with E-state index in [1.807, 2.05) is 18.4 Å². The van der Waals surface area contributed by atoms with Crippen LogP contribution in [0.15, 0.2) is 47.5 Å². The lowest BCUT2D eigenvalue weighted by Gasteiger charge is -2.10. The predicted molar refractivity (Wildman–Crippen MR) is 158 cm³/mol. The number of esters is 1. The van der Waals surface area contributed by atoms with Gasteiger partial charge in [-0.25, -0.2) is 4.79 Å². The molecule has 0 unspecified atom stereocenters. The van der Waals surface area contributed by atoms with Gasteiger partial charge in [-0.15, -0.1) is 39.4 Å². The molecule has 0 saturated carbocycles. The van der Waals surface area contributed by atoms with E-state index in [9.17, 15) is 9.59 Å². The molecule has 0 saturated heterocycles. The van der Waals surface area contributed by atoms with Crippen LogP contribution in [0.25, 0.3) is 22.5 Å². The summed E-state index contributed by atoms with van der Waals surface area (Å²) >= 11 is 4.35. The lowest BCUT2D eigenvalue weighted by molar-refractivity contribution is -0.113. The Morgan fingerprint density at radius 1 is 1.13 bits per heavy atom. The Labute approximate surface area is 235 Å². The Hall–Kier alpha value is -3.21. The molecule has 1 aromatic carbocycles. The largest absolute Gasteiger partial charge is 0.462 e. The third-order valence-corrected chi connectivity index (χ3v) is 9.04. The van der Waals surface area contributed by atoms with Gasteiger partial charge < -0.3 is 10.1 Å². The highest BCUT2D eigenvalue weighted by Crippen LogP contribution is 2.39. The molecular formula is C28H30N4O3S3. The molecule has 0 fully saturated rings. The first kappa shape index (κ1) is 27.8. The summed E-state index contributed by atoms with van der Waals surface area (Å²) in [6.07, 6.45) is 1.80. The van der Waals surface area contributed by atoms with Crippen molar-refractivity contribution in [2.75, 3.05) is 17.7 Å². The summed E-state index contributed by atoms with van der Waals surface area (Å²) < 4.78 is 7.17. The molecule has 0 radical (unpaired) electrons. The maximum absolute atomic E-state index is 12.9. The van der Waals surface area contributed by atoms with Crippen molar-refractivity contribution in [1.82, 2.24) is 14.8 Å². The molecule has 0 aliphatic heterocycles. The lowest BCUT2D eigenvalue weighted by atomic mass is 10.0. The molecule has 3 aromatic heterocycles. The maximum Gasteiger partial charge on any atom is 0.341 e. The molecule has 10 heteroatoms. The zero-order chi connectivity index (χ0) is 27.4. The fourth-order valence-corrected chi connectivity index (χ4v) is 6.72. The van der Waals surface area contributed by atoms with Crippen LogP contribution in [-0.4, -0.2) is 39.0 Å². The predicted octanol–water partition coefficient (Wildman–Crippen LogP) is 7.06. The Bertz CT molecular complexity index is 1480. The Balaban J connectivity index is 1.56. The summed E-state index contributed by atoms with van der Waals surface area (Å²) in [6, 6.07) is 8.46. The fourth-order valence-electron chi connectivity index (χ4n) is 4.04. The Morgan fingerprint density at radius 2 is 1.87 bits per heavy atom. The van der Waals surface area contributed by atoms with Gasteiger partial charge in [-0.05, 0) is 45.7 Å². The van der Waals surface area contributed by atoms with Gasteiger partial charge in [0.15, 0.2) is 11.0 Å². The summed E-state index contributed by atoms with van der Waals surface area (Å²) in [5.74, 6) is 0.189. The van der Waals surface area contributed by atoms with E-state index in [0.29, 0.717) is 22.3 Å². The van der Waals surface area contributed by atoms with Crippen LogP contribution in [-0.2, 0) is 16.1 Å². The molecule has 198 valence electrons. The molecule has 4 rings (SSSR count). The van der Waals surface area contributed by atoms with Gasteiger partial charge in [-0.1, -0.05) is 47.7 Å². The minimum absolute atomic E-state index is 0.112. The molecule has 0 spiro atoms. The Kier molecular flexibility index (Phi) is 8.86. The number of carbonyl (C=O) groups is 2. The van der Waals surface area contributed by atoms with Crippen LogP contribution in [0.5, 0.6) is 0 Å². The number of aromatic nitrogens is 3. The van der Waals surface area contributed by atoms with Crippen LogP contribution < -0.4 is 5.32 Å². The number of thioether (sulfide) groups is 1. The zero-order valence-electron chi connectivity index (χ0n) is 22.1. The minimum Gasteiger partial charge on any atom is -0.462 e. The molecule has 0 aliphatic rings. The van der Waals surface area contributed by atoms with Crippen LogP contribution in [0.4, 0.5) is 5.00 Å². The average Bonchev–Trinajstić information content (AvgIpc) is 3.54. The number of nitrogens with zero attached hydrogens (tertiary/aromatic N) is 3. The van der Waals surface area contributed by atoms with Crippen molar-refractivity contribution < 1.29 is 14.3 Å². The van der Waals surface area contributed by atoms with Crippen molar-refractivity contribution in [3.05, 3.63) is 68.7 Å². The summed E-state index contributed by atoms with van der Waals surface area (Å²) in [4.78, 5) is 27.5. The minimum atomic E-state index is -0.428. The third-order valence-electron chi connectivity index (χ3n) is 6.03. The molecular weight excluding hydrogens is 537 g/mol. The van der Waals surface area contributed by atoms with E-state index in [2.05, 4.69) is 65.6 Å². The Morgan fingerprint density at radius 3 is 2.55 bits per heavy atom. The van der Waals surface area contributed by atoms with Gasteiger partial charge in [0.05, 0.1) is 17.9 Å². The van der Waals surface area contributed by atoms with E-state index in [-0.39, 0.29) is 18.3 Å². The van der Waals surface area contributed by atoms with Gasteiger partial charge in [0, 0.05) is 32.8 Å². The van der Waals surface area contributed by atoms with Crippen LogP contribution >= 0.6 is 34.4 Å². The highest BCUT2D eigenvalue weighted by molar-refractivity contribution is 7.99. The highest BCUT2D eigenvalue weighted by Gasteiger charge is 2.23. The standard InChI is InChI=1S/C28H30N4O3S3/c1-7-13-32-25(21-14-36-19(6)24(21)20-11-9-16(3)10-12-20)30-31-28(32)37-15-22(33)29-26-23(27(34)35-8-2)17(4)18(5)38-26/h7,9-12,14H,1,8,13,15H2,2-6H3,(H,29,33). The topological polar surface area (TPSA) is 86.1 Å². The van der Waals surface area contributed by atoms with Gasteiger partial charge in [-0.3, -0.25) is 9.36 Å². The summed E-state index contributed by atoms with van der Waals surface area (Å²) in [5, 5.41) is 15.1. The first-order valence-electron chi connectivity index (χ1n) is 12.1. The highest BCUT2D eigenvalue weighted by atomic mass is 32.2. The molecule has 7 nitrogen and oxygen atoms in total. The average molecular weight is 567 g/mol. The fraction of sp³-hybridized carbons (Fsp3) is 0.286. The number of nitrogens with one attached hydrogen (secondary N) is 1. The van der Waals surface area contributed by atoms with Crippen molar-refractivity contribution in [3.8, 4) is 22.5 Å². The van der Waals surface area contributed by atoms with E-state index in [1.54, 1.807) is 24.3 Å². The molecule has 0 aliphatic carbocycles. The van der Waals surface area contributed by atoms with E-state index in [1.165, 1.54) is 33.5 Å². The quantitative estimate of drug-likeness (QED) is 0.126. The first-order chi connectivity index (χ1) is 18.2. The summed E-state index contributed by atoms with van der Waals surface area (Å²) in [7, 11) is 0. The van der Waals surface area contributed by atoms with E-state index < -0.39 is 5.97 Å². The number of rotatable bonds is 10. The number of allylic oxidation sites excluding steroid dienone is 1. The molecule has 0 bridgehead atoms. The number of aryl methyl sites for hydroxylation is 3. The number of hydrogen-bond acceptors (Lipinski definition) is 8. The van der Waals surface area contributed by atoms with E-state index >= 15 is 0 Å². The van der Waals surface area contributed by atoms with Gasteiger partial charge in [0.1, 0.15) is 5.00 Å². The van der Waals surface area contributed by atoms with Crippen molar-refractivity contribution in [2.45, 2.75) is 46.3 Å². The number of amides is 1. The van der Waals surface area contributed by atoms with Crippen LogP contribution in [0, 0.1) is 27.7 Å². The van der Waals surface area contributed by atoms with Gasteiger partial charge in [-0.2, -0.15) is 0 Å². The van der Waals surface area contributed by atoms with Crippen molar-refractivity contribution in [2.24, 2.45) is 0 Å². The second-order valence-corrected chi connectivity index (χ2v) is 11.9. The monoisotopic (exact) mass is 566 g/mol. The number of carbonyl (C=O) groups excluding carboxylic acids is 2. The summed E-state index contributed by atoms with van der Waals surface area (Å²) in [6.45, 7) is 14.4.